The number of carbonyl (C=O) groups excluding carboxylic acids is 6. The Morgan fingerprint density at radius 3 is 2.10 bits per heavy atom. The van der Waals surface area contributed by atoms with Gasteiger partial charge >= 0.3 is 6.16 Å². The summed E-state index contributed by atoms with van der Waals surface area (Å²) in [5.74, 6) is -2.54. The van der Waals surface area contributed by atoms with E-state index < -0.39 is 40.7 Å². The van der Waals surface area contributed by atoms with Crippen molar-refractivity contribution in [1.82, 2.24) is 15.7 Å². The monoisotopic (exact) mass is 703 g/mol. The second-order valence-corrected chi connectivity index (χ2v) is 11.7. The molecule has 5 amide bonds. The zero-order chi connectivity index (χ0) is 36.9. The molecule has 0 spiro atoms. The Bertz CT molecular complexity index is 1730. The van der Waals surface area contributed by atoms with Crippen LogP contribution in [0.15, 0.2) is 72.8 Å². The molecule has 0 aromatic heterocycles. The number of nitro groups is 1. The number of imide groups is 1. The van der Waals surface area contributed by atoms with Crippen molar-refractivity contribution in [2.24, 2.45) is 5.92 Å². The minimum absolute atomic E-state index is 0.0811. The van der Waals surface area contributed by atoms with Gasteiger partial charge in [0.1, 0.15) is 18.4 Å². The number of hydrogen-bond acceptors (Lipinski definition) is 11. The molecule has 0 radical (unpaired) electrons. The van der Waals surface area contributed by atoms with Crippen LogP contribution < -0.4 is 20.7 Å². The zero-order valence-corrected chi connectivity index (χ0v) is 27.9. The molecule has 3 N–H and O–H groups in total. The summed E-state index contributed by atoms with van der Waals surface area (Å²) >= 11 is 0. The van der Waals surface area contributed by atoms with Gasteiger partial charge in [-0.05, 0) is 60.7 Å². The van der Waals surface area contributed by atoms with E-state index >= 15 is 0 Å². The van der Waals surface area contributed by atoms with Gasteiger partial charge in [-0.15, -0.1) is 5.06 Å². The second kappa shape index (κ2) is 18.0. The molecule has 0 aliphatic carbocycles. The second-order valence-electron chi connectivity index (χ2n) is 11.7. The minimum atomic E-state index is -1.00. The third-order valence-electron chi connectivity index (χ3n) is 7.56. The number of benzene rings is 3. The van der Waals surface area contributed by atoms with Crippen LogP contribution in [0, 0.1) is 16.0 Å². The van der Waals surface area contributed by atoms with Gasteiger partial charge in [0.25, 0.3) is 17.5 Å². The summed E-state index contributed by atoms with van der Waals surface area (Å²) in [5, 5.41) is 19.4. The first-order chi connectivity index (χ1) is 24.4. The number of ether oxygens (including phenoxy) is 2. The molecule has 0 saturated carbocycles. The van der Waals surface area contributed by atoms with Crippen LogP contribution in [0.1, 0.15) is 65.8 Å². The maximum atomic E-state index is 12.8. The van der Waals surface area contributed by atoms with Crippen molar-refractivity contribution in [2.75, 3.05) is 18.5 Å². The summed E-state index contributed by atoms with van der Waals surface area (Å²) in [6.07, 6.45) is 0.717. The summed E-state index contributed by atoms with van der Waals surface area (Å²) in [5.41, 5.74) is 1.46. The average molecular weight is 704 g/mol. The molecular weight excluding hydrogens is 666 g/mol. The quantitative estimate of drug-likeness (QED) is 0.0450. The van der Waals surface area contributed by atoms with Crippen LogP contribution in [-0.2, 0) is 30.6 Å². The number of fused-ring (bicyclic) bond motifs is 1. The van der Waals surface area contributed by atoms with Crippen molar-refractivity contribution >= 4 is 47.1 Å². The SMILES string of the molecule is CC(C)[C@H](NC(=O)CCCCCON1C(=O)c2ccccc2C1=O)C(=O)NCC(=O)Nc1ccc(COC(=O)Oc2ccc([N+](=O)[O-])cc2)cc1. The molecule has 4 rings (SSSR count). The molecular formula is C35H37N5O11. The van der Waals surface area contributed by atoms with Crippen molar-refractivity contribution in [3.63, 3.8) is 0 Å². The maximum absolute atomic E-state index is 12.8. The molecule has 1 aliphatic rings. The average Bonchev–Trinajstić information content (AvgIpc) is 3.35. The van der Waals surface area contributed by atoms with Crippen molar-refractivity contribution in [3.05, 3.63) is 99.6 Å². The predicted molar refractivity (Wildman–Crippen MR) is 180 cm³/mol. The number of nitrogens with one attached hydrogen (secondary N) is 3. The first kappa shape index (κ1) is 37.7. The van der Waals surface area contributed by atoms with Crippen molar-refractivity contribution in [2.45, 2.75) is 52.2 Å². The number of rotatable bonds is 17. The Morgan fingerprint density at radius 2 is 1.49 bits per heavy atom. The fourth-order valence-electron chi connectivity index (χ4n) is 4.86. The van der Waals surface area contributed by atoms with Crippen LogP contribution in [0.5, 0.6) is 5.75 Å². The number of anilines is 1. The fraction of sp³-hybridized carbons (Fsp3) is 0.314. The number of nitro benzene ring substituents is 1. The first-order valence-corrected chi connectivity index (χ1v) is 16.1. The Hall–Kier alpha value is -6.16. The van der Waals surface area contributed by atoms with Crippen LogP contribution in [0.3, 0.4) is 0 Å². The van der Waals surface area contributed by atoms with Gasteiger partial charge in [-0.2, -0.15) is 0 Å². The maximum Gasteiger partial charge on any atom is 0.514 e. The molecule has 0 saturated heterocycles. The molecule has 0 unspecified atom stereocenters. The van der Waals surface area contributed by atoms with Crippen LogP contribution in [0.25, 0.3) is 0 Å². The van der Waals surface area contributed by atoms with E-state index in [0.29, 0.717) is 41.6 Å². The van der Waals surface area contributed by atoms with E-state index in [1.165, 1.54) is 24.3 Å². The molecule has 1 atom stereocenters. The Balaban J connectivity index is 1.10. The molecule has 16 nitrogen and oxygen atoms in total. The lowest BCUT2D eigenvalue weighted by atomic mass is 10.0. The lowest BCUT2D eigenvalue weighted by Gasteiger charge is -2.21. The fourth-order valence-corrected chi connectivity index (χ4v) is 4.86. The largest absolute Gasteiger partial charge is 0.514 e. The molecule has 0 bridgehead atoms. The van der Waals surface area contributed by atoms with Crippen LogP contribution in [-0.4, -0.2) is 64.9 Å². The highest BCUT2D eigenvalue weighted by Crippen LogP contribution is 2.23. The van der Waals surface area contributed by atoms with Gasteiger partial charge in [-0.3, -0.25) is 38.9 Å². The summed E-state index contributed by atoms with van der Waals surface area (Å²) in [6, 6.07) is 16.9. The third-order valence-corrected chi connectivity index (χ3v) is 7.56. The topological polar surface area (TPSA) is 213 Å². The number of hydroxylamine groups is 2. The van der Waals surface area contributed by atoms with Gasteiger partial charge < -0.3 is 25.4 Å². The molecule has 1 heterocycles. The van der Waals surface area contributed by atoms with Crippen LogP contribution in [0.2, 0.25) is 0 Å². The van der Waals surface area contributed by atoms with E-state index in [2.05, 4.69) is 16.0 Å². The highest BCUT2D eigenvalue weighted by Gasteiger charge is 2.36. The lowest BCUT2D eigenvalue weighted by molar-refractivity contribution is -0.384. The Kier molecular flexibility index (Phi) is 13.3. The van der Waals surface area contributed by atoms with Gasteiger partial charge in [0.15, 0.2) is 0 Å². The number of carbonyl (C=O) groups is 6. The smallest absolute Gasteiger partial charge is 0.429 e. The molecule has 3 aromatic carbocycles. The van der Waals surface area contributed by atoms with Crippen molar-refractivity contribution < 1.29 is 48.0 Å². The predicted octanol–water partition coefficient (Wildman–Crippen LogP) is 4.29. The number of unbranched alkanes of at least 4 members (excludes halogenated alkanes) is 2. The van der Waals surface area contributed by atoms with E-state index in [4.69, 9.17) is 14.3 Å². The molecule has 16 heteroatoms. The van der Waals surface area contributed by atoms with Crippen molar-refractivity contribution in [1.29, 1.82) is 0 Å². The summed E-state index contributed by atoms with van der Waals surface area (Å²) in [7, 11) is 0. The number of amides is 5. The molecule has 0 fully saturated rings. The van der Waals surface area contributed by atoms with Crippen LogP contribution in [0.4, 0.5) is 16.2 Å². The van der Waals surface area contributed by atoms with Gasteiger partial charge in [0, 0.05) is 24.2 Å². The summed E-state index contributed by atoms with van der Waals surface area (Å²) in [4.78, 5) is 90.0. The standard InChI is InChI=1S/C35H37N5O11/c1-22(2)31(38-29(41)10-4-3-7-19-50-39-33(44)27-8-5-6-9-28(27)34(39)45)32(43)36-20-30(42)37-24-13-11-23(12-14-24)21-49-35(46)51-26-17-15-25(16-18-26)40(47)48/h5-6,8-9,11-18,22,31H,3-4,7,10,19-21H2,1-2H3,(H,36,43)(H,37,42)(H,38,41)/t31-/m0/s1. The first-order valence-electron chi connectivity index (χ1n) is 16.1. The molecule has 268 valence electrons. The molecule has 1 aliphatic heterocycles. The third kappa shape index (κ3) is 10.9. The highest BCUT2D eigenvalue weighted by atomic mass is 16.7. The number of nitrogens with zero attached hydrogens (tertiary/aromatic N) is 2. The van der Waals surface area contributed by atoms with Gasteiger partial charge in [0.05, 0.1) is 29.2 Å². The van der Waals surface area contributed by atoms with E-state index in [0.717, 1.165) is 5.06 Å². The van der Waals surface area contributed by atoms with Gasteiger partial charge in [-0.25, -0.2) is 4.79 Å². The van der Waals surface area contributed by atoms with Crippen LogP contribution >= 0.6 is 0 Å². The van der Waals surface area contributed by atoms with Gasteiger partial charge in [0.2, 0.25) is 17.7 Å². The van der Waals surface area contributed by atoms with Crippen molar-refractivity contribution in [3.8, 4) is 5.75 Å². The van der Waals surface area contributed by atoms with Gasteiger partial charge in [-0.1, -0.05) is 44.5 Å². The highest BCUT2D eigenvalue weighted by molar-refractivity contribution is 6.20. The number of hydrogen-bond donors (Lipinski definition) is 3. The summed E-state index contributed by atoms with van der Waals surface area (Å²) < 4.78 is 10.0. The molecule has 3 aromatic rings. The van der Waals surface area contributed by atoms with E-state index in [1.807, 2.05) is 0 Å². The van der Waals surface area contributed by atoms with E-state index in [1.54, 1.807) is 62.4 Å². The Morgan fingerprint density at radius 1 is 0.843 bits per heavy atom. The number of non-ortho nitro benzene ring substituents is 1. The lowest BCUT2D eigenvalue weighted by Crippen LogP contribution is -2.51. The minimum Gasteiger partial charge on any atom is -0.429 e. The Labute approximate surface area is 292 Å². The summed E-state index contributed by atoms with van der Waals surface area (Å²) in [6.45, 7) is 3.18. The molecule has 51 heavy (non-hydrogen) atoms. The normalized spacial score (nSPS) is 12.6. The van der Waals surface area contributed by atoms with E-state index in [-0.39, 0.29) is 49.4 Å². The zero-order valence-electron chi connectivity index (χ0n) is 27.9. The van der Waals surface area contributed by atoms with E-state index in [9.17, 15) is 38.9 Å².